The molecule has 0 aliphatic heterocycles. The van der Waals surface area contributed by atoms with Crippen molar-refractivity contribution in [1.29, 1.82) is 0 Å². The van der Waals surface area contributed by atoms with Gasteiger partial charge in [0, 0.05) is 27.5 Å². The lowest BCUT2D eigenvalue weighted by atomic mass is 10.1. The first-order chi connectivity index (χ1) is 15.2. The maximum absolute atomic E-state index is 12.8. The molecule has 0 radical (unpaired) electrons. The fourth-order valence-corrected chi connectivity index (χ4v) is 5.27. The van der Waals surface area contributed by atoms with Gasteiger partial charge in [0.2, 0.25) is 0 Å². The van der Waals surface area contributed by atoms with Crippen LogP contribution in [0.15, 0.2) is 51.8 Å². The number of aliphatic carboxylic acids is 1. The van der Waals surface area contributed by atoms with Crippen molar-refractivity contribution in [1.82, 2.24) is 9.97 Å². The van der Waals surface area contributed by atoms with Gasteiger partial charge in [-0.15, -0.1) is 23.1 Å². The van der Waals surface area contributed by atoms with Gasteiger partial charge in [-0.25, -0.2) is 9.97 Å². The molecular formula is C22H17F3N2O3S2. The summed E-state index contributed by atoms with van der Waals surface area (Å²) in [6, 6.07) is 10.6. The van der Waals surface area contributed by atoms with E-state index in [1.807, 2.05) is 19.1 Å². The van der Waals surface area contributed by atoms with Crippen LogP contribution < -0.4 is 0 Å². The van der Waals surface area contributed by atoms with Crippen LogP contribution in [0.25, 0.3) is 21.7 Å². The molecule has 166 valence electrons. The molecular weight excluding hydrogens is 461 g/mol. The van der Waals surface area contributed by atoms with Gasteiger partial charge in [0.1, 0.15) is 10.5 Å². The Labute approximate surface area is 189 Å². The molecule has 4 aromatic rings. The van der Waals surface area contributed by atoms with Crippen molar-refractivity contribution >= 4 is 40.2 Å². The third-order valence-electron chi connectivity index (χ3n) is 4.69. The number of halogens is 3. The van der Waals surface area contributed by atoms with E-state index in [1.54, 1.807) is 17.8 Å². The number of fused-ring (bicyclic) bond motifs is 1. The first-order valence-electron chi connectivity index (χ1n) is 9.57. The lowest BCUT2D eigenvalue weighted by Gasteiger charge is -2.06. The zero-order valence-electron chi connectivity index (χ0n) is 16.8. The van der Waals surface area contributed by atoms with Crippen LogP contribution in [0.4, 0.5) is 13.2 Å². The normalized spacial score (nSPS) is 11.9. The van der Waals surface area contributed by atoms with Crippen molar-refractivity contribution in [2.24, 2.45) is 0 Å². The molecule has 5 nitrogen and oxygen atoms in total. The van der Waals surface area contributed by atoms with Crippen molar-refractivity contribution in [3.8, 4) is 10.6 Å². The van der Waals surface area contributed by atoms with Crippen LogP contribution in [0.5, 0.6) is 0 Å². The Morgan fingerprint density at radius 3 is 2.59 bits per heavy atom. The van der Waals surface area contributed by atoms with Gasteiger partial charge in [-0.1, -0.05) is 18.2 Å². The molecule has 10 heteroatoms. The summed E-state index contributed by atoms with van der Waals surface area (Å²) >= 11 is 3.00. The van der Waals surface area contributed by atoms with Gasteiger partial charge in [0.25, 0.3) is 0 Å². The van der Waals surface area contributed by atoms with E-state index in [0.29, 0.717) is 33.3 Å². The third kappa shape index (κ3) is 4.97. The van der Waals surface area contributed by atoms with Crippen LogP contribution >= 0.6 is 23.1 Å². The molecule has 0 aliphatic carbocycles. The Balaban J connectivity index is 1.50. The first-order valence-corrected chi connectivity index (χ1v) is 11.4. The number of aromatic nitrogens is 2. The first kappa shape index (κ1) is 22.3. The molecule has 0 amide bonds. The number of thiazole rings is 1. The van der Waals surface area contributed by atoms with Gasteiger partial charge in [0.15, 0.2) is 11.5 Å². The van der Waals surface area contributed by atoms with Crippen molar-refractivity contribution in [2.75, 3.05) is 0 Å². The predicted molar refractivity (Wildman–Crippen MR) is 117 cm³/mol. The number of carboxylic acid groups (broad SMARTS) is 1. The highest BCUT2D eigenvalue weighted by molar-refractivity contribution is 7.98. The van der Waals surface area contributed by atoms with E-state index in [-0.39, 0.29) is 12.8 Å². The number of carbonyl (C=O) groups is 1. The molecule has 0 unspecified atom stereocenters. The molecule has 0 spiro atoms. The number of rotatable bonds is 7. The highest BCUT2D eigenvalue weighted by Crippen LogP contribution is 2.36. The average molecular weight is 479 g/mol. The van der Waals surface area contributed by atoms with E-state index < -0.39 is 17.7 Å². The summed E-state index contributed by atoms with van der Waals surface area (Å²) < 4.78 is 44.0. The maximum atomic E-state index is 12.8. The molecule has 0 bridgehead atoms. The van der Waals surface area contributed by atoms with Crippen LogP contribution in [0.3, 0.4) is 0 Å². The zero-order valence-corrected chi connectivity index (χ0v) is 18.4. The molecule has 0 atom stereocenters. The van der Waals surface area contributed by atoms with E-state index in [2.05, 4.69) is 9.97 Å². The number of nitrogens with zero attached hydrogens (tertiary/aromatic N) is 2. The lowest BCUT2D eigenvalue weighted by molar-refractivity contribution is -0.138. The number of hydrogen-bond acceptors (Lipinski definition) is 6. The molecule has 2 aromatic heterocycles. The second kappa shape index (κ2) is 8.95. The molecule has 0 fully saturated rings. The minimum absolute atomic E-state index is 0.0535. The number of oxazole rings is 1. The smallest absolute Gasteiger partial charge is 0.416 e. The Bertz CT molecular complexity index is 1260. The summed E-state index contributed by atoms with van der Waals surface area (Å²) in [5.41, 5.74) is 2.06. The Morgan fingerprint density at radius 1 is 1.16 bits per heavy atom. The standard InChI is InChI=1S/C22H17F3N2O3S2/c1-12-17(32-21(26-12)13-5-7-14(8-6-13)22(23,24)25)11-31-16-4-2-3-15-20(16)27-18(30-15)9-10-19(28)29/h2-8H,9-11H2,1H3,(H,28,29). The fraction of sp³-hybridized carbons (Fsp3) is 0.227. The topological polar surface area (TPSA) is 76.2 Å². The van der Waals surface area contributed by atoms with Gasteiger partial charge < -0.3 is 9.52 Å². The van der Waals surface area contributed by atoms with E-state index in [9.17, 15) is 18.0 Å². The molecule has 32 heavy (non-hydrogen) atoms. The largest absolute Gasteiger partial charge is 0.481 e. The van der Waals surface area contributed by atoms with Crippen molar-refractivity contribution < 1.29 is 27.5 Å². The van der Waals surface area contributed by atoms with Crippen molar-refractivity contribution in [2.45, 2.75) is 36.6 Å². The number of hydrogen-bond donors (Lipinski definition) is 1. The number of para-hydroxylation sites is 1. The van der Waals surface area contributed by atoms with Crippen molar-refractivity contribution in [3.05, 3.63) is 64.5 Å². The summed E-state index contributed by atoms with van der Waals surface area (Å²) in [6.45, 7) is 1.88. The molecule has 4 rings (SSSR count). The molecule has 1 N–H and O–H groups in total. The average Bonchev–Trinajstić information content (AvgIpc) is 3.33. The summed E-state index contributed by atoms with van der Waals surface area (Å²) in [5, 5.41) is 9.51. The number of aryl methyl sites for hydroxylation is 2. The number of carboxylic acids is 1. The lowest BCUT2D eigenvalue weighted by Crippen LogP contribution is -2.03. The highest BCUT2D eigenvalue weighted by atomic mass is 32.2. The van der Waals surface area contributed by atoms with E-state index in [4.69, 9.17) is 9.52 Å². The van der Waals surface area contributed by atoms with E-state index >= 15 is 0 Å². The van der Waals surface area contributed by atoms with Gasteiger partial charge in [0.05, 0.1) is 17.7 Å². The van der Waals surface area contributed by atoms with Gasteiger partial charge in [-0.3, -0.25) is 4.79 Å². The van der Waals surface area contributed by atoms with Crippen LogP contribution in [-0.4, -0.2) is 21.0 Å². The van der Waals surface area contributed by atoms with E-state index in [1.165, 1.54) is 23.5 Å². The van der Waals surface area contributed by atoms with Crippen molar-refractivity contribution in [3.63, 3.8) is 0 Å². The molecule has 0 saturated carbocycles. The minimum Gasteiger partial charge on any atom is -0.481 e. The number of thioether (sulfide) groups is 1. The van der Waals surface area contributed by atoms with Crippen LogP contribution in [0.2, 0.25) is 0 Å². The summed E-state index contributed by atoms with van der Waals surface area (Å²) in [6.07, 6.45) is -4.20. The van der Waals surface area contributed by atoms with Crippen LogP contribution in [-0.2, 0) is 23.1 Å². The van der Waals surface area contributed by atoms with Crippen LogP contribution in [0.1, 0.15) is 28.4 Å². The maximum Gasteiger partial charge on any atom is 0.416 e. The summed E-state index contributed by atoms with van der Waals surface area (Å²) in [5.74, 6) is 0.0843. The van der Waals surface area contributed by atoms with Crippen LogP contribution in [0, 0.1) is 6.92 Å². The molecule has 2 aromatic carbocycles. The Morgan fingerprint density at radius 2 is 1.91 bits per heavy atom. The Hall–Kier alpha value is -2.85. The fourth-order valence-electron chi connectivity index (χ4n) is 3.04. The van der Waals surface area contributed by atoms with Gasteiger partial charge in [-0.05, 0) is 31.2 Å². The second-order valence-electron chi connectivity index (χ2n) is 7.00. The highest BCUT2D eigenvalue weighted by Gasteiger charge is 2.30. The predicted octanol–water partition coefficient (Wildman–Crippen LogP) is 6.59. The monoisotopic (exact) mass is 478 g/mol. The number of alkyl halides is 3. The number of benzene rings is 2. The second-order valence-corrected chi connectivity index (χ2v) is 9.10. The Kier molecular flexibility index (Phi) is 6.25. The third-order valence-corrected chi connectivity index (χ3v) is 7.15. The van der Waals surface area contributed by atoms with E-state index in [0.717, 1.165) is 27.6 Å². The molecule has 0 aliphatic rings. The zero-order chi connectivity index (χ0) is 22.9. The quantitative estimate of drug-likeness (QED) is 0.302. The minimum atomic E-state index is -4.37. The summed E-state index contributed by atoms with van der Waals surface area (Å²) in [4.78, 5) is 21.7. The molecule has 2 heterocycles. The van der Waals surface area contributed by atoms with Gasteiger partial charge >= 0.3 is 12.1 Å². The molecule has 0 saturated heterocycles. The summed E-state index contributed by atoms with van der Waals surface area (Å²) in [7, 11) is 0. The van der Waals surface area contributed by atoms with Gasteiger partial charge in [-0.2, -0.15) is 13.2 Å². The SMILES string of the molecule is Cc1nc(-c2ccc(C(F)(F)F)cc2)sc1CSc1cccc2oc(CCC(=O)O)nc12.